The largest absolute Gasteiger partial charge is 0.286 e. The van der Waals surface area contributed by atoms with Gasteiger partial charge in [0.05, 0.1) is 11.5 Å². The van der Waals surface area contributed by atoms with E-state index in [-0.39, 0.29) is 24.3 Å². The summed E-state index contributed by atoms with van der Waals surface area (Å²) in [6.07, 6.45) is 1.13. The molecule has 0 aliphatic carbocycles. The van der Waals surface area contributed by atoms with E-state index in [2.05, 4.69) is 11.8 Å². The third kappa shape index (κ3) is 13.4. The summed E-state index contributed by atoms with van der Waals surface area (Å²) in [6, 6.07) is 0. The molecule has 0 radical (unpaired) electrons. The van der Waals surface area contributed by atoms with Gasteiger partial charge in [0.1, 0.15) is 0 Å². The zero-order chi connectivity index (χ0) is 12.7. The molecule has 0 amide bonds. The summed E-state index contributed by atoms with van der Waals surface area (Å²) in [6.45, 7) is 0. The SMILES string of the molecule is O=S(=O)(O)CCCC#CCCCS(=O)(=O)O. The molecule has 0 aliphatic rings. The Bertz CT molecular complexity index is 408. The minimum atomic E-state index is -3.92. The summed E-state index contributed by atoms with van der Waals surface area (Å²) in [4.78, 5) is 0. The fraction of sp³-hybridized carbons (Fsp3) is 0.750. The van der Waals surface area contributed by atoms with Crippen LogP contribution in [0.15, 0.2) is 0 Å². The van der Waals surface area contributed by atoms with Crippen LogP contribution in [-0.4, -0.2) is 37.4 Å². The van der Waals surface area contributed by atoms with Crippen molar-refractivity contribution < 1.29 is 25.9 Å². The zero-order valence-corrected chi connectivity index (χ0v) is 10.2. The molecule has 0 aromatic heterocycles. The van der Waals surface area contributed by atoms with Gasteiger partial charge in [-0.05, 0) is 12.8 Å². The number of rotatable bonds is 6. The molecule has 0 saturated carbocycles. The molecule has 0 spiro atoms. The van der Waals surface area contributed by atoms with E-state index in [0.717, 1.165) is 0 Å². The van der Waals surface area contributed by atoms with E-state index in [1.165, 1.54) is 0 Å². The monoisotopic (exact) mass is 270 g/mol. The first-order valence-electron chi connectivity index (χ1n) is 4.57. The van der Waals surface area contributed by atoms with E-state index in [1.54, 1.807) is 0 Å². The molecule has 94 valence electrons. The molecule has 0 heterocycles. The molecule has 0 aromatic carbocycles. The molecule has 0 unspecified atom stereocenters. The van der Waals surface area contributed by atoms with Crippen LogP contribution in [0.1, 0.15) is 25.7 Å². The Morgan fingerprint density at radius 2 is 1.06 bits per heavy atom. The zero-order valence-electron chi connectivity index (χ0n) is 8.59. The summed E-state index contributed by atoms with van der Waals surface area (Å²) in [7, 11) is -7.84. The van der Waals surface area contributed by atoms with Gasteiger partial charge in [-0.15, -0.1) is 11.8 Å². The van der Waals surface area contributed by atoms with Crippen LogP contribution in [0.3, 0.4) is 0 Å². The Hall–Kier alpha value is -0.620. The second-order valence-electron chi connectivity index (χ2n) is 3.13. The predicted molar refractivity (Wildman–Crippen MR) is 59.1 cm³/mol. The third-order valence-corrected chi connectivity index (χ3v) is 3.14. The second kappa shape index (κ2) is 6.85. The molecule has 0 fully saturated rings. The molecule has 6 nitrogen and oxygen atoms in total. The molecule has 0 atom stereocenters. The normalized spacial score (nSPS) is 11.9. The van der Waals surface area contributed by atoms with Gasteiger partial charge < -0.3 is 0 Å². The minimum Gasteiger partial charge on any atom is -0.286 e. The van der Waals surface area contributed by atoms with Gasteiger partial charge in [-0.2, -0.15) is 16.8 Å². The second-order valence-corrected chi connectivity index (χ2v) is 6.28. The number of hydrogen-bond acceptors (Lipinski definition) is 4. The molecule has 0 aromatic rings. The van der Waals surface area contributed by atoms with Crippen molar-refractivity contribution in [2.24, 2.45) is 0 Å². The van der Waals surface area contributed by atoms with Crippen LogP contribution in [-0.2, 0) is 20.2 Å². The first-order valence-corrected chi connectivity index (χ1v) is 7.78. The van der Waals surface area contributed by atoms with Gasteiger partial charge in [0, 0.05) is 12.8 Å². The average molecular weight is 270 g/mol. The van der Waals surface area contributed by atoms with Crippen LogP contribution in [0.5, 0.6) is 0 Å². The van der Waals surface area contributed by atoms with Gasteiger partial charge >= 0.3 is 0 Å². The van der Waals surface area contributed by atoms with Crippen molar-refractivity contribution in [3.8, 4) is 11.8 Å². The van der Waals surface area contributed by atoms with E-state index in [9.17, 15) is 16.8 Å². The van der Waals surface area contributed by atoms with E-state index in [4.69, 9.17) is 9.11 Å². The third-order valence-electron chi connectivity index (χ3n) is 1.53. The lowest BCUT2D eigenvalue weighted by Gasteiger charge is -1.92. The summed E-state index contributed by atoms with van der Waals surface area (Å²) >= 11 is 0. The van der Waals surface area contributed by atoms with Crippen LogP contribution in [0.4, 0.5) is 0 Å². The maximum Gasteiger partial charge on any atom is 0.264 e. The van der Waals surface area contributed by atoms with Gasteiger partial charge in [-0.25, -0.2) is 0 Å². The molecule has 0 aliphatic heterocycles. The lowest BCUT2D eigenvalue weighted by molar-refractivity contribution is 0.479. The molecule has 2 N–H and O–H groups in total. The maximum absolute atomic E-state index is 10.3. The Morgan fingerprint density at radius 3 is 1.31 bits per heavy atom. The molecule has 0 saturated heterocycles. The van der Waals surface area contributed by atoms with Crippen molar-refractivity contribution in [1.29, 1.82) is 0 Å². The Morgan fingerprint density at radius 1 is 0.750 bits per heavy atom. The fourth-order valence-corrected chi connectivity index (χ4v) is 1.88. The summed E-state index contributed by atoms with van der Waals surface area (Å²) in [5, 5.41) is 0. The Labute approximate surface area is 95.6 Å². The van der Waals surface area contributed by atoms with E-state index < -0.39 is 20.2 Å². The van der Waals surface area contributed by atoms with Crippen LogP contribution in [0, 0.1) is 11.8 Å². The van der Waals surface area contributed by atoms with Crippen molar-refractivity contribution >= 4 is 20.2 Å². The highest BCUT2D eigenvalue weighted by atomic mass is 32.2. The van der Waals surface area contributed by atoms with Gasteiger partial charge in [0.2, 0.25) is 0 Å². The van der Waals surface area contributed by atoms with E-state index in [1.807, 2.05) is 0 Å². The smallest absolute Gasteiger partial charge is 0.264 e. The molecule has 8 heteroatoms. The summed E-state index contributed by atoms with van der Waals surface area (Å²) < 4.78 is 57.9. The molecule has 16 heavy (non-hydrogen) atoms. The molecule has 0 rings (SSSR count). The van der Waals surface area contributed by atoms with Crippen molar-refractivity contribution in [3.05, 3.63) is 0 Å². The first-order chi connectivity index (χ1) is 7.21. The van der Waals surface area contributed by atoms with Crippen molar-refractivity contribution in [2.45, 2.75) is 25.7 Å². The highest BCUT2D eigenvalue weighted by Crippen LogP contribution is 1.95. The predicted octanol–water partition coefficient (Wildman–Crippen LogP) is 0.326. The number of hydrogen-bond donors (Lipinski definition) is 2. The molecular weight excluding hydrogens is 256 g/mol. The Balaban J connectivity index is 3.58. The lowest BCUT2D eigenvalue weighted by Crippen LogP contribution is -2.03. The van der Waals surface area contributed by atoms with Crippen LogP contribution < -0.4 is 0 Å². The van der Waals surface area contributed by atoms with Gasteiger partial charge in [-0.1, -0.05) is 0 Å². The van der Waals surface area contributed by atoms with Crippen LogP contribution >= 0.6 is 0 Å². The quantitative estimate of drug-likeness (QED) is 0.409. The molecule has 0 bridgehead atoms. The standard InChI is InChI=1S/C8H14O6S2/c9-15(10,11)7-5-3-1-2-4-6-8-16(12,13)14/h3-8H2,(H,9,10,11)(H,12,13,14). The van der Waals surface area contributed by atoms with Gasteiger partial charge in [0.15, 0.2) is 0 Å². The minimum absolute atomic E-state index is 0.240. The van der Waals surface area contributed by atoms with Crippen molar-refractivity contribution in [3.63, 3.8) is 0 Å². The van der Waals surface area contributed by atoms with Crippen LogP contribution in [0.25, 0.3) is 0 Å². The van der Waals surface area contributed by atoms with Gasteiger partial charge in [0.25, 0.3) is 20.2 Å². The van der Waals surface area contributed by atoms with Crippen molar-refractivity contribution in [1.82, 2.24) is 0 Å². The van der Waals surface area contributed by atoms with E-state index >= 15 is 0 Å². The average Bonchev–Trinajstić information content (AvgIpc) is 2.06. The van der Waals surface area contributed by atoms with Crippen LogP contribution in [0.2, 0.25) is 0 Å². The van der Waals surface area contributed by atoms with E-state index in [0.29, 0.717) is 12.8 Å². The highest BCUT2D eigenvalue weighted by Gasteiger charge is 2.02. The summed E-state index contributed by atoms with van der Waals surface area (Å²) in [5.74, 6) is 4.63. The topological polar surface area (TPSA) is 109 Å². The highest BCUT2D eigenvalue weighted by molar-refractivity contribution is 7.86. The fourth-order valence-electron chi connectivity index (χ4n) is 0.863. The first kappa shape index (κ1) is 15.4. The van der Waals surface area contributed by atoms with Crippen molar-refractivity contribution in [2.75, 3.05) is 11.5 Å². The molecular formula is C8H14O6S2. The lowest BCUT2D eigenvalue weighted by atomic mass is 10.3. The van der Waals surface area contributed by atoms with Gasteiger partial charge in [-0.3, -0.25) is 9.11 Å². The number of unbranched alkanes of at least 4 members (excludes halogenated alkanes) is 2. The maximum atomic E-state index is 10.3. The Kier molecular flexibility index (Phi) is 6.59. The summed E-state index contributed by atoms with van der Waals surface area (Å²) in [5.41, 5.74) is 0.